The molecule has 0 fully saturated rings. The molecular weight excluding hydrogens is 231 g/mol. The van der Waals surface area contributed by atoms with Gasteiger partial charge in [-0.05, 0) is 0 Å². The third-order valence-electron chi connectivity index (χ3n) is 0.530. The third-order valence-corrected chi connectivity index (χ3v) is 1.54. The minimum Gasteiger partial charge on any atom is -0.412 e. The Morgan fingerprint density at radius 1 is 1.00 bits per heavy atom. The molecule has 61 valence electrons. The van der Waals surface area contributed by atoms with Gasteiger partial charge in [-0.1, -0.05) is 0 Å². The average molecular weight is 248 g/mol. The van der Waals surface area contributed by atoms with Gasteiger partial charge in [-0.15, -0.1) is 0 Å². The Morgan fingerprint density at radius 2 is 1.33 bits per heavy atom. The van der Waals surface area contributed by atoms with E-state index in [9.17, 15) is 0 Å². The molecule has 0 amide bonds. The topological polar surface area (TPSA) is 126 Å². The number of hydrogen-bond donors (Lipinski definition) is 0. The van der Waals surface area contributed by atoms with E-state index >= 15 is 0 Å². The van der Waals surface area contributed by atoms with E-state index < -0.39 is 0 Å². The third kappa shape index (κ3) is 54.7. The van der Waals surface area contributed by atoms with Gasteiger partial charge in [0.1, 0.15) is 0 Å². The maximum absolute atomic E-state index is 2.23. The molecule has 0 spiro atoms. The van der Waals surface area contributed by atoms with E-state index in [1.54, 1.807) is 22.5 Å². The van der Waals surface area contributed by atoms with Gasteiger partial charge in [-0.2, -0.15) is 0 Å². The van der Waals surface area contributed by atoms with Gasteiger partial charge in [0.15, 0.2) is 0 Å². The van der Waals surface area contributed by atoms with Crippen LogP contribution >= 0.6 is 0 Å². The molecule has 0 saturated carbocycles. The molecule has 0 heterocycles. The molecule has 0 aromatic heterocycles. The maximum atomic E-state index is 2.23. The summed E-state index contributed by atoms with van der Waals surface area (Å²) in [5.74, 6) is 0. The van der Waals surface area contributed by atoms with Gasteiger partial charge in [0, 0.05) is 0 Å². The quantitative estimate of drug-likeness (QED) is 0.504. The molecular formula is C4H17O4Sn. The van der Waals surface area contributed by atoms with Crippen molar-refractivity contribution in [3.63, 3.8) is 0 Å². The summed E-state index contributed by atoms with van der Waals surface area (Å²) in [6.45, 7) is 2.23. The van der Waals surface area contributed by atoms with Crippen LogP contribution in [0, 0.1) is 0 Å². The van der Waals surface area contributed by atoms with Gasteiger partial charge in [-0.3, -0.25) is 0 Å². The number of unbranched alkanes of at least 4 members (excludes halogenated alkanes) is 1. The number of rotatable bonds is 2. The maximum Gasteiger partial charge on any atom is -0.412 e. The second kappa shape index (κ2) is 38.1. The van der Waals surface area contributed by atoms with Gasteiger partial charge in [-0.25, -0.2) is 0 Å². The van der Waals surface area contributed by atoms with Crippen LogP contribution in [0.15, 0.2) is 0 Å². The fraction of sp³-hybridized carbons (Fsp3) is 1.00. The first kappa shape index (κ1) is 33.4. The van der Waals surface area contributed by atoms with Crippen molar-refractivity contribution in [3.05, 3.63) is 0 Å². The second-order valence-electron chi connectivity index (χ2n) is 1.10. The predicted octanol–water partition coefficient (Wildman–Crippen LogP) is -1.93. The van der Waals surface area contributed by atoms with Gasteiger partial charge in [0.05, 0.1) is 0 Å². The first-order valence-corrected chi connectivity index (χ1v) is 4.08. The van der Waals surface area contributed by atoms with Crippen molar-refractivity contribution < 1.29 is 21.9 Å². The molecule has 0 unspecified atom stereocenters. The Morgan fingerprint density at radius 3 is 1.33 bits per heavy atom. The van der Waals surface area contributed by atoms with E-state index in [0.29, 0.717) is 0 Å². The van der Waals surface area contributed by atoms with E-state index in [4.69, 9.17) is 0 Å². The monoisotopic (exact) mass is 249 g/mol. The SMILES string of the molecule is CCC[CH2][Sn].O.O.O.O. The van der Waals surface area contributed by atoms with Crippen LogP contribution < -0.4 is 0 Å². The van der Waals surface area contributed by atoms with Gasteiger partial charge in [0.25, 0.3) is 0 Å². The molecule has 4 nitrogen and oxygen atoms in total. The first-order chi connectivity index (χ1) is 2.41. The molecule has 9 heavy (non-hydrogen) atoms. The average Bonchev–Trinajstić information content (AvgIpc) is 1.41. The van der Waals surface area contributed by atoms with Crippen molar-refractivity contribution in [2.75, 3.05) is 0 Å². The summed E-state index contributed by atoms with van der Waals surface area (Å²) < 4.78 is 1.43. The molecule has 3 radical (unpaired) electrons. The van der Waals surface area contributed by atoms with Crippen molar-refractivity contribution in [2.24, 2.45) is 0 Å². The minimum atomic E-state index is 0. The van der Waals surface area contributed by atoms with Crippen LogP contribution in [-0.2, 0) is 0 Å². The molecule has 0 atom stereocenters. The molecule has 0 bridgehead atoms. The van der Waals surface area contributed by atoms with Crippen LogP contribution in [0.4, 0.5) is 0 Å². The molecule has 0 aliphatic carbocycles. The van der Waals surface area contributed by atoms with E-state index in [1.807, 2.05) is 0 Å². The van der Waals surface area contributed by atoms with Crippen molar-refractivity contribution >= 4 is 22.5 Å². The summed E-state index contributed by atoms with van der Waals surface area (Å²) in [5, 5.41) is 0. The molecule has 0 aromatic carbocycles. The van der Waals surface area contributed by atoms with Crippen molar-refractivity contribution in [1.29, 1.82) is 0 Å². The molecule has 8 N–H and O–H groups in total. The van der Waals surface area contributed by atoms with E-state index in [0.717, 1.165) is 0 Å². The summed E-state index contributed by atoms with van der Waals surface area (Å²) in [5.41, 5.74) is 0. The summed E-state index contributed by atoms with van der Waals surface area (Å²) in [6, 6.07) is 0. The Kier molecular flexibility index (Phi) is 141. The fourth-order valence-corrected chi connectivity index (χ4v) is 1.19. The standard InChI is InChI=1S/C4H9.4H2O.Sn/c1-3-4-2;;;;;/h1,3-4H2,2H3;4*1H2;. The van der Waals surface area contributed by atoms with Crippen molar-refractivity contribution in [3.8, 4) is 0 Å². The van der Waals surface area contributed by atoms with Crippen LogP contribution in [0.2, 0.25) is 4.44 Å². The normalized spacial score (nSPS) is 4.67. The summed E-state index contributed by atoms with van der Waals surface area (Å²) in [6.07, 6.45) is 2.80. The van der Waals surface area contributed by atoms with Gasteiger partial charge >= 0.3 is 46.7 Å². The predicted molar refractivity (Wildman–Crippen MR) is 39.9 cm³/mol. The second-order valence-corrected chi connectivity index (χ2v) is 2.53. The van der Waals surface area contributed by atoms with Crippen LogP contribution in [0.3, 0.4) is 0 Å². The zero-order valence-corrected chi connectivity index (χ0v) is 8.48. The van der Waals surface area contributed by atoms with E-state index in [1.165, 1.54) is 17.3 Å². The van der Waals surface area contributed by atoms with Crippen LogP contribution in [0.25, 0.3) is 0 Å². The Balaban J connectivity index is -0.0000000133. The zero-order chi connectivity index (χ0) is 4.12. The summed E-state index contributed by atoms with van der Waals surface area (Å²) in [4.78, 5) is 0. The minimum absolute atomic E-state index is 0. The van der Waals surface area contributed by atoms with Crippen LogP contribution in [-0.4, -0.2) is 44.4 Å². The smallest absolute Gasteiger partial charge is 0.412 e. The molecule has 5 heteroatoms. The Bertz CT molecular complexity index is 20.0. The fourth-order valence-electron chi connectivity index (χ4n) is 0.177. The summed E-state index contributed by atoms with van der Waals surface area (Å²) in [7, 11) is 0. The van der Waals surface area contributed by atoms with Crippen molar-refractivity contribution in [1.82, 2.24) is 0 Å². The van der Waals surface area contributed by atoms with Gasteiger partial charge in [0.2, 0.25) is 0 Å². The molecule has 0 saturated heterocycles. The molecule has 0 aliphatic rings. The molecule has 0 rings (SSSR count). The first-order valence-electron chi connectivity index (χ1n) is 2.06. The largest absolute Gasteiger partial charge is 0.412 e. The van der Waals surface area contributed by atoms with Crippen LogP contribution in [0.1, 0.15) is 19.8 Å². The number of hydrogen-bond acceptors (Lipinski definition) is 0. The van der Waals surface area contributed by atoms with Crippen molar-refractivity contribution in [2.45, 2.75) is 24.2 Å². The van der Waals surface area contributed by atoms with E-state index in [2.05, 4.69) is 6.92 Å². The Labute approximate surface area is 69.0 Å². The molecule has 0 aliphatic heterocycles. The molecule has 0 aromatic rings. The summed E-state index contributed by atoms with van der Waals surface area (Å²) >= 11 is 1.68. The van der Waals surface area contributed by atoms with Gasteiger partial charge < -0.3 is 21.9 Å². The van der Waals surface area contributed by atoms with E-state index in [-0.39, 0.29) is 21.9 Å². The Hall–Kier alpha value is 0.639. The zero-order valence-electron chi connectivity index (χ0n) is 5.62. The van der Waals surface area contributed by atoms with Crippen LogP contribution in [0.5, 0.6) is 0 Å².